The van der Waals surface area contributed by atoms with Crippen LogP contribution in [0.2, 0.25) is 0 Å². The number of benzene rings is 1. The number of amides is 1. The van der Waals surface area contributed by atoms with Gasteiger partial charge in [-0.2, -0.15) is 18.3 Å². The van der Waals surface area contributed by atoms with Crippen molar-refractivity contribution in [3.63, 3.8) is 0 Å². The van der Waals surface area contributed by atoms with Gasteiger partial charge in [0.2, 0.25) is 0 Å². The van der Waals surface area contributed by atoms with E-state index in [1.807, 2.05) is 5.32 Å². The number of H-pyrrole nitrogens is 1. The molecule has 0 aliphatic rings. The Kier molecular flexibility index (Phi) is 3.73. The van der Waals surface area contributed by atoms with Crippen molar-refractivity contribution in [3.8, 4) is 0 Å². The molecular formula is C12H9F4N3O. The Morgan fingerprint density at radius 3 is 2.35 bits per heavy atom. The van der Waals surface area contributed by atoms with Gasteiger partial charge in [0.25, 0.3) is 5.91 Å². The zero-order valence-electron chi connectivity index (χ0n) is 9.91. The van der Waals surface area contributed by atoms with Gasteiger partial charge in [0.1, 0.15) is 11.5 Å². The average Bonchev–Trinajstić information content (AvgIpc) is 2.89. The van der Waals surface area contributed by atoms with Crippen molar-refractivity contribution < 1.29 is 22.4 Å². The molecule has 106 valence electrons. The number of rotatable bonds is 3. The first kappa shape index (κ1) is 14.0. The second-order valence-corrected chi connectivity index (χ2v) is 3.97. The van der Waals surface area contributed by atoms with Gasteiger partial charge in [0.15, 0.2) is 6.04 Å². The Bertz CT molecular complexity index is 578. The van der Waals surface area contributed by atoms with E-state index in [4.69, 9.17) is 0 Å². The minimum atomic E-state index is -4.70. The lowest BCUT2D eigenvalue weighted by atomic mass is 10.1. The number of carbonyl (C=O) groups excluding carboxylic acids is 1. The summed E-state index contributed by atoms with van der Waals surface area (Å²) in [6, 6.07) is 2.76. The van der Waals surface area contributed by atoms with E-state index in [1.165, 1.54) is 12.3 Å². The predicted octanol–water partition coefficient (Wildman–Crippen LogP) is 2.58. The highest BCUT2D eigenvalue weighted by molar-refractivity contribution is 5.92. The summed E-state index contributed by atoms with van der Waals surface area (Å²) < 4.78 is 51.7. The van der Waals surface area contributed by atoms with Gasteiger partial charge in [-0.3, -0.25) is 9.89 Å². The van der Waals surface area contributed by atoms with Crippen molar-refractivity contribution >= 4 is 5.91 Å². The van der Waals surface area contributed by atoms with E-state index in [0.29, 0.717) is 0 Å². The summed E-state index contributed by atoms with van der Waals surface area (Å²) >= 11 is 0. The van der Waals surface area contributed by atoms with Crippen LogP contribution in [0.4, 0.5) is 17.6 Å². The molecule has 1 atom stereocenters. The van der Waals surface area contributed by atoms with Gasteiger partial charge in [0, 0.05) is 6.20 Å². The Hall–Kier alpha value is -2.38. The van der Waals surface area contributed by atoms with Gasteiger partial charge in [-0.1, -0.05) is 12.1 Å². The van der Waals surface area contributed by atoms with E-state index in [1.54, 1.807) is 0 Å². The highest BCUT2D eigenvalue weighted by Gasteiger charge is 2.42. The Labute approximate surface area is 110 Å². The van der Waals surface area contributed by atoms with Crippen LogP contribution >= 0.6 is 0 Å². The molecule has 0 bridgehead atoms. The number of aromatic nitrogens is 2. The molecule has 1 heterocycles. The normalized spacial score (nSPS) is 13.0. The highest BCUT2D eigenvalue weighted by Crippen LogP contribution is 2.32. The highest BCUT2D eigenvalue weighted by atomic mass is 19.4. The molecule has 0 aliphatic carbocycles. The molecule has 0 radical (unpaired) electrons. The van der Waals surface area contributed by atoms with Crippen LogP contribution in [-0.2, 0) is 0 Å². The number of hydrogen-bond acceptors (Lipinski definition) is 2. The van der Waals surface area contributed by atoms with E-state index in [2.05, 4.69) is 10.2 Å². The third-order valence-electron chi connectivity index (χ3n) is 2.55. The number of aromatic amines is 1. The standard InChI is InChI=1S/C12H9F4N3O/c13-8-3-1-7(2-4-8)10(12(14,15)16)18-11(20)9-5-6-17-19-9/h1-6,10H,(H,17,19)(H,18,20)/t10-/m1/s1. The lowest BCUT2D eigenvalue weighted by Crippen LogP contribution is -2.38. The van der Waals surface area contributed by atoms with Gasteiger partial charge < -0.3 is 5.32 Å². The first-order valence-corrected chi connectivity index (χ1v) is 5.50. The molecule has 1 amide bonds. The van der Waals surface area contributed by atoms with Crippen molar-refractivity contribution in [2.75, 3.05) is 0 Å². The molecule has 0 aliphatic heterocycles. The van der Waals surface area contributed by atoms with Crippen LogP contribution in [0, 0.1) is 5.82 Å². The molecule has 2 N–H and O–H groups in total. The molecule has 2 rings (SSSR count). The summed E-state index contributed by atoms with van der Waals surface area (Å²) in [7, 11) is 0. The second-order valence-electron chi connectivity index (χ2n) is 3.97. The van der Waals surface area contributed by atoms with Gasteiger partial charge in [-0.05, 0) is 23.8 Å². The van der Waals surface area contributed by atoms with Gasteiger partial charge >= 0.3 is 6.18 Å². The zero-order chi connectivity index (χ0) is 14.8. The first-order chi connectivity index (χ1) is 9.38. The minimum Gasteiger partial charge on any atom is -0.335 e. The summed E-state index contributed by atoms with van der Waals surface area (Å²) in [6.45, 7) is 0. The van der Waals surface area contributed by atoms with E-state index in [0.717, 1.165) is 24.3 Å². The maximum Gasteiger partial charge on any atom is 0.412 e. The van der Waals surface area contributed by atoms with E-state index in [-0.39, 0.29) is 11.3 Å². The van der Waals surface area contributed by atoms with Crippen LogP contribution in [0.1, 0.15) is 22.1 Å². The summed E-state index contributed by atoms with van der Waals surface area (Å²) in [5.74, 6) is -1.61. The van der Waals surface area contributed by atoms with Gasteiger partial charge in [-0.15, -0.1) is 0 Å². The zero-order valence-corrected chi connectivity index (χ0v) is 9.91. The van der Waals surface area contributed by atoms with Crippen molar-refractivity contribution in [1.29, 1.82) is 0 Å². The van der Waals surface area contributed by atoms with Crippen LogP contribution in [0.5, 0.6) is 0 Å². The number of hydrogen-bond donors (Lipinski definition) is 2. The minimum absolute atomic E-state index is 0.0960. The molecule has 8 heteroatoms. The summed E-state index contributed by atoms with van der Waals surface area (Å²) in [4.78, 5) is 11.6. The fourth-order valence-corrected chi connectivity index (χ4v) is 1.60. The summed E-state index contributed by atoms with van der Waals surface area (Å²) in [5, 5.41) is 7.58. The number of halogens is 4. The maximum absolute atomic E-state index is 13.0. The summed E-state index contributed by atoms with van der Waals surface area (Å²) in [6.07, 6.45) is -3.46. The van der Waals surface area contributed by atoms with Crippen molar-refractivity contribution in [3.05, 3.63) is 53.6 Å². The van der Waals surface area contributed by atoms with Gasteiger partial charge in [0.05, 0.1) is 0 Å². The molecule has 0 saturated carbocycles. The maximum atomic E-state index is 13.0. The molecule has 0 saturated heterocycles. The predicted molar refractivity (Wildman–Crippen MR) is 61.2 cm³/mol. The molecule has 0 unspecified atom stereocenters. The van der Waals surface area contributed by atoms with E-state index >= 15 is 0 Å². The lowest BCUT2D eigenvalue weighted by Gasteiger charge is -2.21. The van der Waals surface area contributed by atoms with Crippen LogP contribution in [0.3, 0.4) is 0 Å². The third-order valence-corrected chi connectivity index (χ3v) is 2.55. The van der Waals surface area contributed by atoms with Crippen molar-refractivity contribution in [2.45, 2.75) is 12.2 Å². The quantitative estimate of drug-likeness (QED) is 0.852. The van der Waals surface area contributed by atoms with Crippen molar-refractivity contribution in [1.82, 2.24) is 15.5 Å². The van der Waals surface area contributed by atoms with Crippen LogP contribution in [0.15, 0.2) is 36.5 Å². The topological polar surface area (TPSA) is 57.8 Å². The molecule has 1 aromatic carbocycles. The van der Waals surface area contributed by atoms with E-state index in [9.17, 15) is 22.4 Å². The fraction of sp³-hybridized carbons (Fsp3) is 0.167. The molecule has 4 nitrogen and oxygen atoms in total. The number of alkyl halides is 3. The molecule has 20 heavy (non-hydrogen) atoms. The fourth-order valence-electron chi connectivity index (χ4n) is 1.60. The largest absolute Gasteiger partial charge is 0.412 e. The lowest BCUT2D eigenvalue weighted by molar-refractivity contribution is -0.155. The second kappa shape index (κ2) is 5.32. The molecule has 0 fully saturated rings. The van der Waals surface area contributed by atoms with Crippen LogP contribution in [-0.4, -0.2) is 22.3 Å². The number of carbonyl (C=O) groups is 1. The van der Waals surface area contributed by atoms with Crippen LogP contribution < -0.4 is 5.32 Å². The Balaban J connectivity index is 2.25. The third kappa shape index (κ3) is 3.14. The molecule has 1 aromatic heterocycles. The SMILES string of the molecule is O=C(N[C@H](c1ccc(F)cc1)C(F)(F)F)c1ccn[nH]1. The average molecular weight is 287 g/mol. The number of nitrogens with one attached hydrogen (secondary N) is 2. The molecule has 0 spiro atoms. The molecular weight excluding hydrogens is 278 g/mol. The Morgan fingerprint density at radius 2 is 1.85 bits per heavy atom. The first-order valence-electron chi connectivity index (χ1n) is 5.50. The number of nitrogens with zero attached hydrogens (tertiary/aromatic N) is 1. The van der Waals surface area contributed by atoms with E-state index < -0.39 is 23.9 Å². The Morgan fingerprint density at radius 1 is 1.20 bits per heavy atom. The monoisotopic (exact) mass is 287 g/mol. The smallest absolute Gasteiger partial charge is 0.335 e. The summed E-state index contributed by atoms with van der Waals surface area (Å²) in [5.41, 5.74) is -0.354. The molecule has 2 aromatic rings. The van der Waals surface area contributed by atoms with Gasteiger partial charge in [-0.25, -0.2) is 4.39 Å². The van der Waals surface area contributed by atoms with Crippen molar-refractivity contribution in [2.24, 2.45) is 0 Å². The van der Waals surface area contributed by atoms with Crippen LogP contribution in [0.25, 0.3) is 0 Å².